The standard InChI is InChI=1S/C16H15N3S/c1-19-11-12-20-16(19)18-15-9-7-14(8-10-15)17-13-5-3-2-4-6-13/h2-12,17H,1H3. The molecule has 3 aromatic rings. The Morgan fingerprint density at radius 1 is 0.950 bits per heavy atom. The van der Waals surface area contributed by atoms with Gasteiger partial charge in [-0.05, 0) is 36.4 Å². The second-order valence-corrected chi connectivity index (χ2v) is 5.32. The minimum Gasteiger partial charge on any atom is -0.356 e. The van der Waals surface area contributed by atoms with Crippen LogP contribution in [0.25, 0.3) is 0 Å². The highest BCUT2D eigenvalue weighted by Gasteiger charge is 1.95. The summed E-state index contributed by atoms with van der Waals surface area (Å²) in [4.78, 5) is 5.60. The van der Waals surface area contributed by atoms with Crippen molar-refractivity contribution >= 4 is 28.4 Å². The molecule has 0 saturated carbocycles. The molecule has 0 saturated heterocycles. The maximum absolute atomic E-state index is 4.60. The number of rotatable bonds is 3. The molecule has 0 spiro atoms. The molecule has 0 radical (unpaired) electrons. The molecule has 0 fully saturated rings. The van der Waals surface area contributed by atoms with Crippen LogP contribution in [0.1, 0.15) is 0 Å². The van der Waals surface area contributed by atoms with E-state index in [1.165, 1.54) is 0 Å². The average Bonchev–Trinajstić information content (AvgIpc) is 2.88. The van der Waals surface area contributed by atoms with Gasteiger partial charge in [0.15, 0.2) is 4.80 Å². The summed E-state index contributed by atoms with van der Waals surface area (Å²) in [6, 6.07) is 18.3. The molecule has 4 heteroatoms. The topological polar surface area (TPSA) is 29.3 Å². The van der Waals surface area contributed by atoms with Crippen LogP contribution in [0.3, 0.4) is 0 Å². The van der Waals surface area contributed by atoms with Crippen LogP contribution in [-0.4, -0.2) is 4.57 Å². The van der Waals surface area contributed by atoms with Gasteiger partial charge in [0.1, 0.15) is 0 Å². The summed E-state index contributed by atoms with van der Waals surface area (Å²) in [5.74, 6) is 0. The summed E-state index contributed by atoms with van der Waals surface area (Å²) in [5.41, 5.74) is 3.11. The van der Waals surface area contributed by atoms with Crippen molar-refractivity contribution in [3.63, 3.8) is 0 Å². The average molecular weight is 281 g/mol. The monoisotopic (exact) mass is 281 g/mol. The molecule has 0 aliphatic heterocycles. The molecule has 3 nitrogen and oxygen atoms in total. The van der Waals surface area contributed by atoms with Gasteiger partial charge in [0, 0.05) is 30.0 Å². The lowest BCUT2D eigenvalue weighted by atomic mass is 10.2. The van der Waals surface area contributed by atoms with E-state index in [4.69, 9.17) is 0 Å². The lowest BCUT2D eigenvalue weighted by Gasteiger charge is -2.05. The number of nitrogens with one attached hydrogen (secondary N) is 1. The minimum atomic E-state index is 0.960. The molecule has 1 N–H and O–H groups in total. The van der Waals surface area contributed by atoms with E-state index in [0.717, 1.165) is 21.9 Å². The van der Waals surface area contributed by atoms with Gasteiger partial charge in [0.05, 0.1) is 5.69 Å². The fourth-order valence-electron chi connectivity index (χ4n) is 1.85. The van der Waals surface area contributed by atoms with Crippen LogP contribution < -0.4 is 10.1 Å². The van der Waals surface area contributed by atoms with Crippen molar-refractivity contribution < 1.29 is 0 Å². The Labute approximate surface area is 121 Å². The van der Waals surface area contributed by atoms with Crippen molar-refractivity contribution in [3.05, 3.63) is 71.0 Å². The van der Waals surface area contributed by atoms with Crippen LogP contribution in [0.15, 0.2) is 71.2 Å². The Morgan fingerprint density at radius 3 is 2.30 bits per heavy atom. The van der Waals surface area contributed by atoms with Crippen molar-refractivity contribution in [2.45, 2.75) is 0 Å². The molecule has 0 unspecified atom stereocenters. The summed E-state index contributed by atoms with van der Waals surface area (Å²) < 4.78 is 2.01. The number of aromatic nitrogens is 1. The molecule has 0 aliphatic rings. The highest BCUT2D eigenvalue weighted by Crippen LogP contribution is 2.19. The third kappa shape index (κ3) is 2.97. The van der Waals surface area contributed by atoms with Crippen molar-refractivity contribution in [1.29, 1.82) is 0 Å². The van der Waals surface area contributed by atoms with Gasteiger partial charge in [0.2, 0.25) is 0 Å². The van der Waals surface area contributed by atoms with Gasteiger partial charge in [-0.3, -0.25) is 0 Å². The maximum Gasteiger partial charge on any atom is 0.189 e. The molecule has 0 atom stereocenters. The molecule has 0 bridgehead atoms. The molecular formula is C16H15N3S. The first-order valence-corrected chi connectivity index (χ1v) is 7.26. The van der Waals surface area contributed by atoms with Crippen LogP contribution >= 0.6 is 11.3 Å². The SMILES string of the molecule is Cn1ccsc1=Nc1ccc(Nc2ccccc2)cc1. The summed E-state index contributed by atoms with van der Waals surface area (Å²) in [7, 11) is 2.00. The molecule has 2 aromatic carbocycles. The van der Waals surface area contributed by atoms with Crippen molar-refractivity contribution in [3.8, 4) is 0 Å². The van der Waals surface area contributed by atoms with Gasteiger partial charge < -0.3 is 9.88 Å². The lowest BCUT2D eigenvalue weighted by molar-refractivity contribution is 0.874. The molecule has 3 rings (SSSR count). The number of aryl methyl sites for hydroxylation is 1. The molecular weight excluding hydrogens is 266 g/mol. The van der Waals surface area contributed by atoms with Gasteiger partial charge in [0.25, 0.3) is 0 Å². The zero-order valence-corrected chi connectivity index (χ0v) is 12.0. The quantitative estimate of drug-likeness (QED) is 0.770. The smallest absolute Gasteiger partial charge is 0.189 e. The molecule has 0 aliphatic carbocycles. The van der Waals surface area contributed by atoms with Gasteiger partial charge in [-0.2, -0.15) is 0 Å². The normalized spacial score (nSPS) is 11.6. The second-order valence-electron chi connectivity index (χ2n) is 4.45. The Morgan fingerprint density at radius 2 is 1.65 bits per heavy atom. The molecule has 1 aromatic heterocycles. The predicted molar refractivity (Wildman–Crippen MR) is 84.7 cm³/mol. The lowest BCUT2D eigenvalue weighted by Crippen LogP contribution is -2.07. The van der Waals surface area contributed by atoms with Crippen molar-refractivity contribution in [2.24, 2.45) is 12.0 Å². The molecule has 100 valence electrons. The van der Waals surface area contributed by atoms with Gasteiger partial charge in [-0.15, -0.1) is 11.3 Å². The molecule has 20 heavy (non-hydrogen) atoms. The number of para-hydroxylation sites is 1. The highest BCUT2D eigenvalue weighted by atomic mass is 32.1. The Kier molecular flexibility index (Phi) is 3.65. The van der Waals surface area contributed by atoms with E-state index in [2.05, 4.69) is 10.3 Å². The first kappa shape index (κ1) is 12.7. The molecule has 1 heterocycles. The van der Waals surface area contributed by atoms with Crippen molar-refractivity contribution in [2.75, 3.05) is 5.32 Å². The van der Waals surface area contributed by atoms with Crippen LogP contribution in [0.5, 0.6) is 0 Å². The minimum absolute atomic E-state index is 0.960. The fourth-order valence-corrected chi connectivity index (χ4v) is 2.60. The summed E-state index contributed by atoms with van der Waals surface area (Å²) in [6.07, 6.45) is 2.01. The zero-order valence-electron chi connectivity index (χ0n) is 11.2. The predicted octanol–water partition coefficient (Wildman–Crippen LogP) is 4.06. The number of hydrogen-bond acceptors (Lipinski definition) is 3. The number of thiazole rings is 1. The Balaban J connectivity index is 1.80. The van der Waals surface area contributed by atoms with E-state index >= 15 is 0 Å². The second kappa shape index (κ2) is 5.75. The third-order valence-corrected chi connectivity index (χ3v) is 3.76. The number of benzene rings is 2. The van der Waals surface area contributed by atoms with E-state index in [-0.39, 0.29) is 0 Å². The first-order valence-electron chi connectivity index (χ1n) is 6.38. The number of hydrogen-bond donors (Lipinski definition) is 1. The van der Waals surface area contributed by atoms with E-state index < -0.39 is 0 Å². The fraction of sp³-hybridized carbons (Fsp3) is 0.0625. The van der Waals surface area contributed by atoms with Crippen molar-refractivity contribution in [1.82, 2.24) is 4.57 Å². The van der Waals surface area contributed by atoms with Crippen LogP contribution in [0.4, 0.5) is 17.1 Å². The van der Waals surface area contributed by atoms with Crippen LogP contribution in [0.2, 0.25) is 0 Å². The summed E-state index contributed by atoms with van der Waals surface area (Å²) >= 11 is 1.63. The van der Waals surface area contributed by atoms with E-state index in [0.29, 0.717) is 0 Å². The Bertz CT molecular complexity index is 739. The van der Waals surface area contributed by atoms with E-state index in [1.54, 1.807) is 11.3 Å². The largest absolute Gasteiger partial charge is 0.356 e. The van der Waals surface area contributed by atoms with Crippen LogP contribution in [-0.2, 0) is 7.05 Å². The summed E-state index contributed by atoms with van der Waals surface area (Å²) in [6.45, 7) is 0. The van der Waals surface area contributed by atoms with Gasteiger partial charge in [-0.1, -0.05) is 18.2 Å². The third-order valence-electron chi connectivity index (χ3n) is 2.91. The molecule has 0 amide bonds. The number of anilines is 2. The van der Waals surface area contributed by atoms with Crippen LogP contribution in [0, 0.1) is 0 Å². The maximum atomic E-state index is 4.60. The van der Waals surface area contributed by atoms with Gasteiger partial charge in [-0.25, -0.2) is 4.99 Å². The highest BCUT2D eigenvalue weighted by molar-refractivity contribution is 7.07. The first-order chi connectivity index (χ1) is 9.81. The Hall–Kier alpha value is -2.33. The summed E-state index contributed by atoms with van der Waals surface area (Å²) in [5, 5.41) is 5.39. The van der Waals surface area contributed by atoms with E-state index in [9.17, 15) is 0 Å². The van der Waals surface area contributed by atoms with Gasteiger partial charge >= 0.3 is 0 Å². The number of nitrogens with zero attached hydrogens (tertiary/aromatic N) is 2. The zero-order chi connectivity index (χ0) is 13.8. The van der Waals surface area contributed by atoms with E-state index in [1.807, 2.05) is 77.8 Å².